The summed E-state index contributed by atoms with van der Waals surface area (Å²) >= 11 is 0. The molecule has 136 valence electrons. The smallest absolute Gasteiger partial charge is 0.246 e. The van der Waals surface area contributed by atoms with E-state index in [1.807, 2.05) is 24.0 Å². The third kappa shape index (κ3) is 4.93. The minimum absolute atomic E-state index is 0.0469. The molecule has 0 N–H and O–H groups in total. The van der Waals surface area contributed by atoms with Crippen LogP contribution in [0, 0.1) is 6.92 Å². The van der Waals surface area contributed by atoms with Gasteiger partial charge in [-0.2, -0.15) is 0 Å². The molecule has 25 heavy (non-hydrogen) atoms. The molecule has 0 spiro atoms. The number of furan rings is 1. The minimum atomic E-state index is -0.0469. The van der Waals surface area contributed by atoms with Crippen LogP contribution in [0.15, 0.2) is 22.6 Å². The predicted molar refractivity (Wildman–Crippen MR) is 92.9 cm³/mol. The van der Waals surface area contributed by atoms with Crippen LogP contribution in [0.2, 0.25) is 0 Å². The van der Waals surface area contributed by atoms with Crippen molar-refractivity contribution in [1.82, 2.24) is 14.7 Å². The summed E-state index contributed by atoms with van der Waals surface area (Å²) < 4.78 is 10.7. The van der Waals surface area contributed by atoms with Crippen LogP contribution in [-0.4, -0.2) is 85.5 Å². The molecule has 2 saturated heterocycles. The Bertz CT molecular complexity index is 626. The van der Waals surface area contributed by atoms with Crippen molar-refractivity contribution in [2.75, 3.05) is 59.0 Å². The number of amides is 2. The summed E-state index contributed by atoms with van der Waals surface area (Å²) in [6, 6.07) is 3.70. The zero-order valence-corrected chi connectivity index (χ0v) is 14.6. The van der Waals surface area contributed by atoms with Gasteiger partial charge in [0.1, 0.15) is 11.5 Å². The quantitative estimate of drug-likeness (QED) is 0.747. The number of piperazine rings is 1. The highest BCUT2D eigenvalue weighted by atomic mass is 16.5. The molecule has 0 atom stereocenters. The maximum Gasteiger partial charge on any atom is 0.246 e. The summed E-state index contributed by atoms with van der Waals surface area (Å²) in [6.45, 7) is 7.60. The number of morpholine rings is 1. The summed E-state index contributed by atoms with van der Waals surface area (Å²) in [5.74, 6) is 1.58. The van der Waals surface area contributed by atoms with Crippen LogP contribution >= 0.6 is 0 Å². The third-order valence-corrected chi connectivity index (χ3v) is 4.56. The molecule has 2 amide bonds. The third-order valence-electron chi connectivity index (χ3n) is 4.56. The summed E-state index contributed by atoms with van der Waals surface area (Å²) in [7, 11) is 0. The van der Waals surface area contributed by atoms with Crippen molar-refractivity contribution >= 4 is 17.9 Å². The molecule has 7 nitrogen and oxygen atoms in total. The van der Waals surface area contributed by atoms with Gasteiger partial charge in [-0.3, -0.25) is 14.5 Å². The van der Waals surface area contributed by atoms with Gasteiger partial charge in [0.25, 0.3) is 0 Å². The van der Waals surface area contributed by atoms with Crippen LogP contribution in [0.5, 0.6) is 0 Å². The standard InChI is InChI=1S/C18H25N3O4/c1-15-2-3-16(25-15)4-5-17(22)20-6-8-21(9-7-20)18(23)14-19-10-12-24-13-11-19/h2-5H,6-14H2,1H3/b5-4+. The topological polar surface area (TPSA) is 66.2 Å². The maximum absolute atomic E-state index is 12.4. The molecule has 0 saturated carbocycles. The van der Waals surface area contributed by atoms with E-state index in [9.17, 15) is 9.59 Å². The zero-order chi connectivity index (χ0) is 17.6. The zero-order valence-electron chi connectivity index (χ0n) is 14.6. The van der Waals surface area contributed by atoms with E-state index in [-0.39, 0.29) is 11.8 Å². The van der Waals surface area contributed by atoms with E-state index in [1.54, 1.807) is 11.0 Å². The maximum atomic E-state index is 12.4. The van der Waals surface area contributed by atoms with E-state index < -0.39 is 0 Å². The molecule has 0 unspecified atom stereocenters. The molecule has 1 aromatic heterocycles. The fourth-order valence-electron chi connectivity index (χ4n) is 3.03. The largest absolute Gasteiger partial charge is 0.462 e. The van der Waals surface area contributed by atoms with Crippen molar-refractivity contribution in [3.8, 4) is 0 Å². The average Bonchev–Trinajstić information content (AvgIpc) is 3.06. The molecule has 3 rings (SSSR count). The monoisotopic (exact) mass is 347 g/mol. The summed E-state index contributed by atoms with van der Waals surface area (Å²) in [5.41, 5.74) is 0. The van der Waals surface area contributed by atoms with Gasteiger partial charge in [-0.1, -0.05) is 0 Å². The van der Waals surface area contributed by atoms with Gasteiger partial charge in [-0.05, 0) is 25.1 Å². The van der Waals surface area contributed by atoms with Gasteiger partial charge in [-0.25, -0.2) is 0 Å². The summed E-state index contributed by atoms with van der Waals surface area (Å²) in [4.78, 5) is 30.4. The molecular weight excluding hydrogens is 322 g/mol. The van der Waals surface area contributed by atoms with Crippen molar-refractivity contribution in [2.24, 2.45) is 0 Å². The second kappa shape index (κ2) is 8.31. The molecule has 3 heterocycles. The van der Waals surface area contributed by atoms with Gasteiger partial charge in [0, 0.05) is 45.3 Å². The van der Waals surface area contributed by atoms with Crippen LogP contribution in [0.3, 0.4) is 0 Å². The van der Waals surface area contributed by atoms with Gasteiger partial charge >= 0.3 is 0 Å². The van der Waals surface area contributed by atoms with Crippen molar-refractivity contribution in [3.63, 3.8) is 0 Å². The first-order chi connectivity index (χ1) is 12.1. The van der Waals surface area contributed by atoms with Crippen LogP contribution in [0.4, 0.5) is 0 Å². The lowest BCUT2D eigenvalue weighted by atomic mass is 10.2. The molecule has 0 bridgehead atoms. The first-order valence-electron chi connectivity index (χ1n) is 8.73. The van der Waals surface area contributed by atoms with E-state index in [2.05, 4.69) is 4.90 Å². The summed E-state index contributed by atoms with van der Waals surface area (Å²) in [5, 5.41) is 0. The number of hydrogen-bond donors (Lipinski definition) is 0. The molecule has 0 aromatic carbocycles. The number of aryl methyl sites for hydroxylation is 1. The number of carbonyl (C=O) groups excluding carboxylic acids is 2. The molecule has 2 aliphatic heterocycles. The molecule has 7 heteroatoms. The Morgan fingerprint density at radius 1 is 1.04 bits per heavy atom. The van der Waals surface area contributed by atoms with Gasteiger partial charge in [0.15, 0.2) is 0 Å². The Kier molecular flexibility index (Phi) is 5.88. The fraction of sp³-hybridized carbons (Fsp3) is 0.556. The van der Waals surface area contributed by atoms with Crippen LogP contribution in [-0.2, 0) is 14.3 Å². The van der Waals surface area contributed by atoms with Crippen LogP contribution in [0.1, 0.15) is 11.5 Å². The minimum Gasteiger partial charge on any atom is -0.462 e. The van der Waals surface area contributed by atoms with Gasteiger partial charge in [0.2, 0.25) is 11.8 Å². The van der Waals surface area contributed by atoms with Gasteiger partial charge in [0.05, 0.1) is 19.8 Å². The number of nitrogens with zero attached hydrogens (tertiary/aromatic N) is 3. The van der Waals surface area contributed by atoms with E-state index >= 15 is 0 Å². The van der Waals surface area contributed by atoms with E-state index in [0.29, 0.717) is 51.7 Å². The van der Waals surface area contributed by atoms with E-state index in [4.69, 9.17) is 9.15 Å². The number of hydrogen-bond acceptors (Lipinski definition) is 5. The first-order valence-corrected chi connectivity index (χ1v) is 8.73. The highest BCUT2D eigenvalue weighted by Crippen LogP contribution is 2.10. The highest BCUT2D eigenvalue weighted by Gasteiger charge is 2.24. The van der Waals surface area contributed by atoms with E-state index in [1.165, 1.54) is 6.08 Å². The van der Waals surface area contributed by atoms with Crippen molar-refractivity contribution in [3.05, 3.63) is 29.7 Å². The summed E-state index contributed by atoms with van der Waals surface area (Å²) in [6.07, 6.45) is 3.22. The predicted octanol–water partition coefficient (Wildman–Crippen LogP) is 0.604. The lowest BCUT2D eigenvalue weighted by Gasteiger charge is -2.36. The molecule has 1 aromatic rings. The Morgan fingerprint density at radius 3 is 2.36 bits per heavy atom. The Hall–Kier alpha value is -2.12. The second-order valence-corrected chi connectivity index (χ2v) is 6.38. The Morgan fingerprint density at radius 2 is 1.72 bits per heavy atom. The van der Waals surface area contributed by atoms with Crippen molar-refractivity contribution < 1.29 is 18.7 Å². The number of ether oxygens (including phenoxy) is 1. The van der Waals surface area contributed by atoms with E-state index in [0.717, 1.165) is 18.8 Å². The van der Waals surface area contributed by atoms with Gasteiger partial charge in [-0.15, -0.1) is 0 Å². The number of rotatable bonds is 4. The lowest BCUT2D eigenvalue weighted by molar-refractivity contribution is -0.138. The number of carbonyl (C=O) groups is 2. The van der Waals surface area contributed by atoms with Crippen LogP contribution < -0.4 is 0 Å². The molecular formula is C18H25N3O4. The molecule has 2 aliphatic rings. The normalized spacial score (nSPS) is 19.6. The Balaban J connectivity index is 1.43. The van der Waals surface area contributed by atoms with Gasteiger partial charge < -0.3 is 19.0 Å². The molecule has 0 aliphatic carbocycles. The average molecular weight is 347 g/mol. The molecule has 2 fully saturated rings. The second-order valence-electron chi connectivity index (χ2n) is 6.38. The lowest BCUT2D eigenvalue weighted by Crippen LogP contribution is -2.53. The SMILES string of the molecule is Cc1ccc(/C=C/C(=O)N2CCN(C(=O)CN3CCOCC3)CC2)o1. The Labute approximate surface area is 147 Å². The fourth-order valence-corrected chi connectivity index (χ4v) is 3.03. The van der Waals surface area contributed by atoms with Crippen molar-refractivity contribution in [1.29, 1.82) is 0 Å². The molecule has 0 radical (unpaired) electrons. The first kappa shape index (κ1) is 17.7. The highest BCUT2D eigenvalue weighted by molar-refractivity contribution is 5.91. The van der Waals surface area contributed by atoms with Crippen molar-refractivity contribution in [2.45, 2.75) is 6.92 Å². The van der Waals surface area contributed by atoms with Crippen LogP contribution in [0.25, 0.3) is 6.08 Å².